The second-order valence-corrected chi connectivity index (χ2v) is 12.3. The molecular formula is C33H39ClN4O7. The molecule has 1 aliphatic carbocycles. The number of carbonyl (C=O) groups excluding carboxylic acids is 4. The van der Waals surface area contributed by atoms with Gasteiger partial charge in [-0.25, -0.2) is 0 Å². The summed E-state index contributed by atoms with van der Waals surface area (Å²) < 4.78 is 10.9. The molecule has 2 aromatic carbocycles. The van der Waals surface area contributed by atoms with Gasteiger partial charge in [-0.1, -0.05) is 60.4 Å². The Labute approximate surface area is 267 Å². The number of aryl methyl sites for hydroxylation is 1. The first kappa shape index (κ1) is 32.3. The zero-order valence-corrected chi connectivity index (χ0v) is 26.5. The first-order chi connectivity index (χ1) is 21.7. The Kier molecular flexibility index (Phi) is 9.96. The highest BCUT2D eigenvalue weighted by atomic mass is 35.5. The van der Waals surface area contributed by atoms with E-state index in [1.54, 1.807) is 12.1 Å². The average Bonchev–Trinajstić information content (AvgIpc) is 3.64. The second kappa shape index (κ2) is 13.9. The van der Waals surface area contributed by atoms with Gasteiger partial charge in [0, 0.05) is 36.9 Å². The van der Waals surface area contributed by atoms with Crippen molar-refractivity contribution in [3.8, 4) is 11.5 Å². The third-order valence-corrected chi connectivity index (χ3v) is 8.76. The summed E-state index contributed by atoms with van der Waals surface area (Å²) in [6.07, 6.45) is 3.67. The van der Waals surface area contributed by atoms with Crippen LogP contribution < -0.4 is 20.1 Å². The summed E-state index contributed by atoms with van der Waals surface area (Å²) in [5, 5.41) is 10.2. The number of ketones is 1. The van der Waals surface area contributed by atoms with E-state index >= 15 is 0 Å². The van der Waals surface area contributed by atoms with Crippen molar-refractivity contribution in [1.82, 2.24) is 15.5 Å². The first-order valence-corrected chi connectivity index (χ1v) is 15.7. The van der Waals surface area contributed by atoms with Crippen LogP contribution in [0.3, 0.4) is 0 Å². The number of hydrogen-bond acceptors (Lipinski definition) is 8. The molecule has 0 radical (unpaired) electrons. The fourth-order valence-electron chi connectivity index (χ4n) is 5.90. The van der Waals surface area contributed by atoms with Crippen LogP contribution >= 0.6 is 11.6 Å². The summed E-state index contributed by atoms with van der Waals surface area (Å²) in [4.78, 5) is 60.7. The van der Waals surface area contributed by atoms with E-state index in [9.17, 15) is 19.2 Å². The lowest BCUT2D eigenvalue weighted by atomic mass is 9.91. The molecule has 45 heavy (non-hydrogen) atoms. The highest BCUT2D eigenvalue weighted by Gasteiger charge is 2.54. The van der Waals surface area contributed by atoms with Gasteiger partial charge in [0.05, 0.1) is 37.5 Å². The van der Waals surface area contributed by atoms with Crippen LogP contribution in [0.2, 0.25) is 5.02 Å². The minimum absolute atomic E-state index is 0.0137. The van der Waals surface area contributed by atoms with Gasteiger partial charge in [-0.05, 0) is 37.3 Å². The van der Waals surface area contributed by atoms with Gasteiger partial charge in [0.1, 0.15) is 17.5 Å². The summed E-state index contributed by atoms with van der Waals surface area (Å²) in [6.45, 7) is 1.99. The summed E-state index contributed by atoms with van der Waals surface area (Å²) in [7, 11) is 3.04. The predicted octanol–water partition coefficient (Wildman–Crippen LogP) is 3.59. The van der Waals surface area contributed by atoms with Crippen molar-refractivity contribution in [2.75, 3.05) is 20.8 Å². The summed E-state index contributed by atoms with van der Waals surface area (Å²) in [5.74, 6) is -1.17. The highest BCUT2D eigenvalue weighted by Crippen LogP contribution is 2.42. The van der Waals surface area contributed by atoms with Crippen LogP contribution in [0.1, 0.15) is 63.0 Å². The molecule has 0 unspecified atom stereocenters. The van der Waals surface area contributed by atoms with Crippen molar-refractivity contribution in [3.63, 3.8) is 0 Å². The number of rotatable bonds is 13. The van der Waals surface area contributed by atoms with E-state index < -0.39 is 35.3 Å². The molecule has 5 rings (SSSR count). The maximum Gasteiger partial charge on any atom is 0.289 e. The number of amides is 3. The van der Waals surface area contributed by atoms with E-state index in [0.717, 1.165) is 18.4 Å². The van der Waals surface area contributed by atoms with Crippen LogP contribution in [0.15, 0.2) is 47.6 Å². The van der Waals surface area contributed by atoms with Gasteiger partial charge >= 0.3 is 0 Å². The van der Waals surface area contributed by atoms with E-state index in [2.05, 4.69) is 15.8 Å². The molecule has 2 heterocycles. The molecule has 2 N–H and O–H groups in total. The molecule has 2 fully saturated rings. The van der Waals surface area contributed by atoms with Crippen molar-refractivity contribution in [2.45, 2.75) is 82.0 Å². The molecule has 240 valence electrons. The second-order valence-electron chi connectivity index (χ2n) is 11.9. The summed E-state index contributed by atoms with van der Waals surface area (Å²) in [6, 6.07) is 11.1. The average molecular weight is 639 g/mol. The van der Waals surface area contributed by atoms with E-state index in [-0.39, 0.29) is 31.3 Å². The number of Topliss-reactive ketones (excluding diaryl/α,β-unsaturated/α-hetero) is 1. The lowest BCUT2D eigenvalue weighted by Crippen LogP contribution is -2.53. The van der Waals surface area contributed by atoms with Gasteiger partial charge < -0.3 is 29.8 Å². The maximum absolute atomic E-state index is 13.9. The smallest absolute Gasteiger partial charge is 0.289 e. The molecule has 11 nitrogen and oxygen atoms in total. The van der Waals surface area contributed by atoms with E-state index in [0.29, 0.717) is 53.5 Å². The monoisotopic (exact) mass is 638 g/mol. The van der Waals surface area contributed by atoms with Crippen LogP contribution in [-0.2, 0) is 30.4 Å². The Hall–Kier alpha value is -4.12. The van der Waals surface area contributed by atoms with Crippen molar-refractivity contribution in [3.05, 3.63) is 58.6 Å². The van der Waals surface area contributed by atoms with Gasteiger partial charge in [0.25, 0.3) is 5.91 Å². The van der Waals surface area contributed by atoms with Crippen molar-refractivity contribution >= 4 is 40.8 Å². The lowest BCUT2D eigenvalue weighted by molar-refractivity contribution is -0.142. The molecule has 3 aliphatic rings. The van der Waals surface area contributed by atoms with Crippen molar-refractivity contribution in [2.24, 2.45) is 5.16 Å². The number of methoxy groups -OCH3 is 2. The summed E-state index contributed by atoms with van der Waals surface area (Å²) >= 11 is 6.42. The van der Waals surface area contributed by atoms with Crippen LogP contribution in [0.25, 0.3) is 0 Å². The minimum atomic E-state index is -0.999. The lowest BCUT2D eigenvalue weighted by Gasteiger charge is -2.26. The van der Waals surface area contributed by atoms with Gasteiger partial charge in [-0.3, -0.25) is 19.2 Å². The van der Waals surface area contributed by atoms with E-state index in [1.807, 2.05) is 37.3 Å². The molecule has 12 heteroatoms. The number of likely N-dealkylation sites (tertiary alicyclic amines) is 1. The van der Waals surface area contributed by atoms with Crippen LogP contribution in [0, 0.1) is 0 Å². The Morgan fingerprint density at radius 1 is 1.11 bits per heavy atom. The van der Waals surface area contributed by atoms with Crippen molar-refractivity contribution in [1.29, 1.82) is 0 Å². The number of ether oxygens (including phenoxy) is 2. The van der Waals surface area contributed by atoms with Gasteiger partial charge in [0.2, 0.25) is 17.6 Å². The number of nitrogens with one attached hydrogen (secondary N) is 2. The molecule has 3 amide bonds. The Morgan fingerprint density at radius 2 is 1.84 bits per heavy atom. The third-order valence-electron chi connectivity index (χ3n) is 8.46. The number of nitrogens with zero attached hydrogens (tertiary/aromatic N) is 2. The number of carbonyl (C=O) groups is 4. The molecular weight excluding hydrogens is 600 g/mol. The molecule has 0 aromatic heterocycles. The fraction of sp³-hybridized carbons (Fsp3) is 0.485. The van der Waals surface area contributed by atoms with Gasteiger partial charge in [0.15, 0.2) is 5.60 Å². The fourth-order valence-corrected chi connectivity index (χ4v) is 6.14. The zero-order chi connectivity index (χ0) is 32.1. The largest absolute Gasteiger partial charge is 0.496 e. The Balaban J connectivity index is 1.36. The molecule has 1 spiro atoms. The first-order valence-electron chi connectivity index (χ1n) is 15.3. The van der Waals surface area contributed by atoms with E-state index in [1.165, 1.54) is 19.1 Å². The molecule has 2 aromatic rings. The zero-order valence-electron chi connectivity index (χ0n) is 25.8. The van der Waals surface area contributed by atoms with Crippen LogP contribution in [0.5, 0.6) is 11.5 Å². The van der Waals surface area contributed by atoms with E-state index in [4.69, 9.17) is 25.9 Å². The molecule has 0 bridgehead atoms. The third kappa shape index (κ3) is 7.41. The number of halogens is 1. The highest BCUT2D eigenvalue weighted by molar-refractivity contribution is 6.38. The Bertz CT molecular complexity index is 1480. The minimum Gasteiger partial charge on any atom is -0.496 e. The summed E-state index contributed by atoms with van der Waals surface area (Å²) in [5.41, 5.74) is 1.20. The number of benzene rings is 2. The molecule has 1 saturated carbocycles. The SMILES string of the molecule is CCC[C@H](NC(=O)[C@@H]1C[C@]2(CC(c3cc(Cl)c(OC)cc3OC)=NO2)CN1C(=O)CCc1ccccc1)C(=O)C(=O)NC1CC1. The van der Waals surface area contributed by atoms with Gasteiger partial charge in [-0.2, -0.15) is 0 Å². The Morgan fingerprint density at radius 3 is 2.51 bits per heavy atom. The van der Waals surface area contributed by atoms with Crippen molar-refractivity contribution < 1.29 is 33.5 Å². The quantitative estimate of drug-likeness (QED) is 0.320. The maximum atomic E-state index is 13.9. The normalized spacial score (nSPS) is 21.1. The standard InChI is InChI=1S/C33H39ClN4O7/c1-4-8-24(30(40)32(42)35-21-12-13-21)36-31(41)26-18-33(19-38(26)29(39)14-11-20-9-6-5-7-10-20)17-25(37-45-33)22-15-23(34)28(44-3)16-27(22)43-2/h5-7,9-10,15-16,21,24,26H,4,8,11-14,17-19H2,1-3H3,(H,35,42)(H,36,41)/t24-,26-,33+/m0/s1. The molecule has 2 aliphatic heterocycles. The topological polar surface area (TPSA) is 136 Å². The van der Waals surface area contributed by atoms with Crippen LogP contribution in [0.4, 0.5) is 0 Å². The number of hydrogen-bond donors (Lipinski definition) is 2. The van der Waals surface area contributed by atoms with Gasteiger partial charge in [-0.15, -0.1) is 0 Å². The number of oxime groups is 1. The molecule has 3 atom stereocenters. The molecule has 1 saturated heterocycles. The van der Waals surface area contributed by atoms with Crippen LogP contribution in [-0.4, -0.2) is 78.6 Å². The predicted molar refractivity (Wildman–Crippen MR) is 167 cm³/mol.